The number of likely N-dealkylation sites (tertiary alicyclic amines) is 1. The fraction of sp³-hybridized carbons (Fsp3) is 0.412. The molecule has 2 bridgehead atoms. The number of halogens is 1. The summed E-state index contributed by atoms with van der Waals surface area (Å²) in [6.07, 6.45) is 4.50. The number of fused-ring (bicyclic) bond motifs is 2. The van der Waals surface area contributed by atoms with Gasteiger partial charge in [0.1, 0.15) is 0 Å². The number of aromatic nitrogens is 2. The zero-order chi connectivity index (χ0) is 15.8. The van der Waals surface area contributed by atoms with Crippen molar-refractivity contribution in [3.05, 3.63) is 48.0 Å². The molecule has 23 heavy (non-hydrogen) atoms. The zero-order valence-corrected chi connectivity index (χ0v) is 13.0. The number of nitrogens with zero attached hydrogens (tertiary/aromatic N) is 4. The average molecular weight is 314 g/mol. The first-order valence-electron chi connectivity index (χ1n) is 7.84. The van der Waals surface area contributed by atoms with E-state index in [2.05, 4.69) is 19.8 Å². The summed E-state index contributed by atoms with van der Waals surface area (Å²) in [6.45, 7) is 2.64. The Hall–Kier alpha value is -2.21. The van der Waals surface area contributed by atoms with Crippen LogP contribution in [0, 0.1) is 5.82 Å². The van der Waals surface area contributed by atoms with Crippen LogP contribution in [-0.4, -0.2) is 47.2 Å². The van der Waals surface area contributed by atoms with Crippen molar-refractivity contribution < 1.29 is 9.13 Å². The number of pyridine rings is 2. The molecule has 4 heterocycles. The maximum atomic E-state index is 14.0. The van der Waals surface area contributed by atoms with Gasteiger partial charge in [-0.2, -0.15) is 0 Å². The molecule has 0 radical (unpaired) electrons. The van der Waals surface area contributed by atoms with Crippen molar-refractivity contribution in [1.82, 2.24) is 14.9 Å². The van der Waals surface area contributed by atoms with Gasteiger partial charge in [-0.15, -0.1) is 0 Å². The molecule has 2 unspecified atom stereocenters. The SMILES string of the molecule is COc1cc(CN2CC3CC2CN3c2ncccc2F)ccn1. The van der Waals surface area contributed by atoms with Crippen molar-refractivity contribution in [2.45, 2.75) is 25.0 Å². The minimum absolute atomic E-state index is 0.231. The maximum absolute atomic E-state index is 14.0. The number of piperazine rings is 1. The van der Waals surface area contributed by atoms with Crippen molar-refractivity contribution in [1.29, 1.82) is 0 Å². The molecule has 2 atom stereocenters. The van der Waals surface area contributed by atoms with E-state index in [1.807, 2.05) is 12.1 Å². The lowest BCUT2D eigenvalue weighted by atomic mass is 10.2. The largest absolute Gasteiger partial charge is 0.481 e. The Labute approximate surface area is 134 Å². The van der Waals surface area contributed by atoms with Gasteiger partial charge in [-0.25, -0.2) is 14.4 Å². The minimum Gasteiger partial charge on any atom is -0.481 e. The van der Waals surface area contributed by atoms with Crippen molar-refractivity contribution in [2.24, 2.45) is 0 Å². The Morgan fingerprint density at radius 3 is 2.87 bits per heavy atom. The third-order valence-electron chi connectivity index (χ3n) is 4.76. The second-order valence-corrected chi connectivity index (χ2v) is 6.14. The molecule has 0 spiro atoms. The van der Waals surface area contributed by atoms with Crippen LogP contribution < -0.4 is 9.64 Å². The van der Waals surface area contributed by atoms with E-state index in [4.69, 9.17) is 4.74 Å². The molecule has 2 aromatic heterocycles. The molecular formula is C17H19FN4O. The van der Waals surface area contributed by atoms with E-state index in [0.717, 1.165) is 26.1 Å². The molecular weight excluding hydrogens is 295 g/mol. The summed E-state index contributed by atoms with van der Waals surface area (Å²) < 4.78 is 19.1. The van der Waals surface area contributed by atoms with E-state index in [1.165, 1.54) is 11.6 Å². The molecule has 2 fully saturated rings. The molecule has 2 aromatic rings. The first kappa shape index (κ1) is 14.4. The molecule has 0 amide bonds. The first-order chi connectivity index (χ1) is 11.2. The van der Waals surface area contributed by atoms with Gasteiger partial charge in [-0.3, -0.25) is 4.90 Å². The van der Waals surface area contributed by atoms with E-state index in [-0.39, 0.29) is 5.82 Å². The highest BCUT2D eigenvalue weighted by Gasteiger charge is 2.44. The predicted molar refractivity (Wildman–Crippen MR) is 84.9 cm³/mol. The van der Waals surface area contributed by atoms with Gasteiger partial charge in [0.05, 0.1) is 7.11 Å². The van der Waals surface area contributed by atoms with Gasteiger partial charge >= 0.3 is 0 Å². The fourth-order valence-corrected chi connectivity index (χ4v) is 3.69. The summed E-state index contributed by atoms with van der Waals surface area (Å²) in [6, 6.07) is 7.90. The van der Waals surface area contributed by atoms with Crippen LogP contribution in [0.1, 0.15) is 12.0 Å². The molecule has 2 aliphatic heterocycles. The van der Waals surface area contributed by atoms with Crippen LogP contribution in [0.4, 0.5) is 10.2 Å². The fourth-order valence-electron chi connectivity index (χ4n) is 3.69. The van der Waals surface area contributed by atoms with Gasteiger partial charge in [0, 0.05) is 50.2 Å². The maximum Gasteiger partial charge on any atom is 0.213 e. The summed E-state index contributed by atoms with van der Waals surface area (Å²) in [5.41, 5.74) is 1.19. The Morgan fingerprint density at radius 2 is 2.13 bits per heavy atom. The van der Waals surface area contributed by atoms with E-state index in [0.29, 0.717) is 23.8 Å². The summed E-state index contributed by atoms with van der Waals surface area (Å²) in [5, 5.41) is 0. The lowest BCUT2D eigenvalue weighted by molar-refractivity contribution is 0.229. The van der Waals surface area contributed by atoms with Crippen LogP contribution in [0.3, 0.4) is 0 Å². The number of rotatable bonds is 4. The van der Waals surface area contributed by atoms with Crippen LogP contribution >= 0.6 is 0 Å². The summed E-state index contributed by atoms with van der Waals surface area (Å²) >= 11 is 0. The Kier molecular flexibility index (Phi) is 3.61. The number of anilines is 1. The standard InChI is InChI=1S/C17H19FN4O/c1-23-16-7-12(4-6-19-16)9-21-10-14-8-13(21)11-22(14)17-15(18)3-2-5-20-17/h2-7,13-14H,8-11H2,1H3. The molecule has 120 valence electrons. The highest BCUT2D eigenvalue weighted by molar-refractivity contribution is 5.44. The summed E-state index contributed by atoms with van der Waals surface area (Å²) in [4.78, 5) is 12.9. The van der Waals surface area contributed by atoms with Gasteiger partial charge < -0.3 is 9.64 Å². The Morgan fingerprint density at radius 1 is 1.22 bits per heavy atom. The minimum atomic E-state index is -0.231. The monoisotopic (exact) mass is 314 g/mol. The van der Waals surface area contributed by atoms with Crippen molar-refractivity contribution >= 4 is 5.82 Å². The number of hydrogen-bond acceptors (Lipinski definition) is 5. The third-order valence-corrected chi connectivity index (χ3v) is 4.76. The zero-order valence-electron chi connectivity index (χ0n) is 13.0. The van der Waals surface area contributed by atoms with Crippen LogP contribution in [0.15, 0.2) is 36.7 Å². The lowest BCUT2D eigenvalue weighted by Crippen LogP contribution is -2.46. The van der Waals surface area contributed by atoms with Gasteiger partial charge in [-0.05, 0) is 30.2 Å². The van der Waals surface area contributed by atoms with Crippen molar-refractivity contribution in [2.75, 3.05) is 25.1 Å². The van der Waals surface area contributed by atoms with Crippen LogP contribution in [-0.2, 0) is 6.54 Å². The third kappa shape index (κ3) is 2.63. The normalized spacial score (nSPS) is 23.5. The second-order valence-electron chi connectivity index (χ2n) is 6.14. The molecule has 0 aromatic carbocycles. The van der Waals surface area contributed by atoms with E-state index in [9.17, 15) is 4.39 Å². The second kappa shape index (κ2) is 5.77. The van der Waals surface area contributed by atoms with Gasteiger partial charge in [0.2, 0.25) is 5.88 Å². The van der Waals surface area contributed by atoms with Gasteiger partial charge in [0.15, 0.2) is 11.6 Å². The number of methoxy groups -OCH3 is 1. The van der Waals surface area contributed by atoms with E-state index < -0.39 is 0 Å². The van der Waals surface area contributed by atoms with Crippen LogP contribution in [0.2, 0.25) is 0 Å². The molecule has 0 N–H and O–H groups in total. The molecule has 4 rings (SSSR count). The average Bonchev–Trinajstić information content (AvgIpc) is 3.15. The topological polar surface area (TPSA) is 41.5 Å². The summed E-state index contributed by atoms with van der Waals surface area (Å²) in [7, 11) is 1.63. The predicted octanol–water partition coefficient (Wildman–Crippen LogP) is 2.09. The molecule has 0 saturated carbocycles. The molecule has 0 aliphatic carbocycles. The highest BCUT2D eigenvalue weighted by atomic mass is 19.1. The lowest BCUT2D eigenvalue weighted by Gasteiger charge is -2.35. The quantitative estimate of drug-likeness (QED) is 0.864. The van der Waals surface area contributed by atoms with Gasteiger partial charge in [0.25, 0.3) is 0 Å². The number of hydrogen-bond donors (Lipinski definition) is 0. The van der Waals surface area contributed by atoms with Crippen LogP contribution in [0.5, 0.6) is 5.88 Å². The molecule has 6 heteroatoms. The Balaban J connectivity index is 1.46. The molecule has 2 aliphatic rings. The smallest absolute Gasteiger partial charge is 0.213 e. The van der Waals surface area contributed by atoms with Gasteiger partial charge in [-0.1, -0.05) is 0 Å². The van der Waals surface area contributed by atoms with E-state index in [1.54, 1.807) is 25.6 Å². The highest BCUT2D eigenvalue weighted by Crippen LogP contribution is 2.35. The Bertz CT molecular complexity index is 710. The molecule has 2 saturated heterocycles. The van der Waals surface area contributed by atoms with E-state index >= 15 is 0 Å². The first-order valence-corrected chi connectivity index (χ1v) is 7.84. The van der Waals surface area contributed by atoms with Crippen molar-refractivity contribution in [3.63, 3.8) is 0 Å². The van der Waals surface area contributed by atoms with Crippen molar-refractivity contribution in [3.8, 4) is 5.88 Å². The van der Waals surface area contributed by atoms with Crippen LogP contribution in [0.25, 0.3) is 0 Å². The molecule has 5 nitrogen and oxygen atoms in total. The summed E-state index contributed by atoms with van der Waals surface area (Å²) in [5.74, 6) is 0.903. The number of ether oxygens (including phenoxy) is 1.